The van der Waals surface area contributed by atoms with Gasteiger partial charge in [-0.05, 0) is 11.1 Å². The minimum absolute atomic E-state index is 0.102. The normalized spacial score (nSPS) is 11.2. The second-order valence-electron chi connectivity index (χ2n) is 4.09. The van der Waals surface area contributed by atoms with E-state index in [1.165, 1.54) is 6.07 Å². The van der Waals surface area contributed by atoms with E-state index in [1.54, 1.807) is 30.3 Å². The van der Waals surface area contributed by atoms with E-state index in [-0.39, 0.29) is 18.1 Å². The summed E-state index contributed by atoms with van der Waals surface area (Å²) >= 11 is 0. The van der Waals surface area contributed by atoms with Gasteiger partial charge in [0.25, 0.3) is 0 Å². The minimum Gasteiger partial charge on any atom is -0.298 e. The Bertz CT molecular complexity index is 646. The van der Waals surface area contributed by atoms with Crippen molar-refractivity contribution in [2.75, 3.05) is 0 Å². The van der Waals surface area contributed by atoms with E-state index in [0.717, 1.165) is 6.07 Å². The summed E-state index contributed by atoms with van der Waals surface area (Å²) in [6, 6.07) is 10.7. The Morgan fingerprint density at radius 3 is 2.00 bits per heavy atom. The largest absolute Gasteiger partial charge is 0.417 e. The quantitative estimate of drug-likeness (QED) is 0.795. The molecule has 0 aliphatic carbocycles. The third-order valence-corrected chi connectivity index (χ3v) is 2.89. The molecule has 0 spiro atoms. The smallest absolute Gasteiger partial charge is 0.298 e. The van der Waals surface area contributed by atoms with Crippen molar-refractivity contribution in [1.29, 1.82) is 0 Å². The van der Waals surface area contributed by atoms with Crippen molar-refractivity contribution in [2.45, 2.75) is 6.18 Å². The highest BCUT2D eigenvalue weighted by atomic mass is 19.4. The van der Waals surface area contributed by atoms with Crippen LogP contribution in [0.25, 0.3) is 11.1 Å². The maximum absolute atomic E-state index is 13.1. The number of alkyl halides is 3. The number of halogens is 3. The molecule has 0 saturated heterocycles. The fraction of sp³-hybridized carbons (Fsp3) is 0.0667. The van der Waals surface area contributed by atoms with Gasteiger partial charge >= 0.3 is 6.18 Å². The molecule has 0 aromatic heterocycles. The first-order valence-electron chi connectivity index (χ1n) is 5.69. The van der Waals surface area contributed by atoms with Crippen LogP contribution in [0.2, 0.25) is 0 Å². The van der Waals surface area contributed by atoms with Crippen LogP contribution in [0.4, 0.5) is 13.2 Å². The third-order valence-electron chi connectivity index (χ3n) is 2.89. The zero-order chi connectivity index (χ0) is 14.8. The van der Waals surface area contributed by atoms with Gasteiger partial charge in [0.15, 0.2) is 12.6 Å². The molecule has 0 aliphatic rings. The fourth-order valence-electron chi connectivity index (χ4n) is 2.04. The van der Waals surface area contributed by atoms with Gasteiger partial charge in [0.1, 0.15) is 0 Å². The number of hydrogen-bond donors (Lipinski definition) is 0. The Balaban J connectivity index is 2.79. The molecule has 0 atom stereocenters. The van der Waals surface area contributed by atoms with Crippen LogP contribution in [0.15, 0.2) is 42.5 Å². The van der Waals surface area contributed by atoms with Crippen molar-refractivity contribution >= 4 is 12.6 Å². The lowest BCUT2D eigenvalue weighted by atomic mass is 9.92. The Labute approximate surface area is 112 Å². The molecule has 102 valence electrons. The summed E-state index contributed by atoms with van der Waals surface area (Å²) in [5.41, 5.74) is -1.62. The number of aldehydes is 2. The Morgan fingerprint density at radius 2 is 1.50 bits per heavy atom. The predicted octanol–water partition coefficient (Wildman–Crippen LogP) is 4.00. The number of rotatable bonds is 3. The van der Waals surface area contributed by atoms with E-state index in [2.05, 4.69) is 0 Å². The van der Waals surface area contributed by atoms with Gasteiger partial charge in [-0.1, -0.05) is 42.5 Å². The molecule has 2 aromatic carbocycles. The van der Waals surface area contributed by atoms with Crippen molar-refractivity contribution in [3.63, 3.8) is 0 Å². The molecular formula is C15H9F3O2. The van der Waals surface area contributed by atoms with Gasteiger partial charge in [0, 0.05) is 11.1 Å². The summed E-state index contributed by atoms with van der Waals surface area (Å²) in [6.45, 7) is 0. The molecule has 0 unspecified atom stereocenters. The lowest BCUT2D eigenvalue weighted by molar-refractivity contribution is -0.138. The highest BCUT2D eigenvalue weighted by molar-refractivity contribution is 5.94. The SMILES string of the molecule is O=Cc1ccc(-c2ccccc2)c(C=O)c1C(F)(F)F. The third kappa shape index (κ3) is 2.47. The number of carbonyl (C=O) groups excluding carboxylic acids is 2. The summed E-state index contributed by atoms with van der Waals surface area (Å²) in [5, 5.41) is 0. The van der Waals surface area contributed by atoms with Crippen molar-refractivity contribution in [1.82, 2.24) is 0 Å². The van der Waals surface area contributed by atoms with Crippen molar-refractivity contribution < 1.29 is 22.8 Å². The monoisotopic (exact) mass is 278 g/mol. The molecule has 0 N–H and O–H groups in total. The molecule has 2 rings (SSSR count). The van der Waals surface area contributed by atoms with Crippen LogP contribution in [-0.4, -0.2) is 12.6 Å². The van der Waals surface area contributed by atoms with Crippen molar-refractivity contribution in [3.05, 3.63) is 59.2 Å². The van der Waals surface area contributed by atoms with Gasteiger partial charge in [0.05, 0.1) is 5.56 Å². The molecule has 20 heavy (non-hydrogen) atoms. The summed E-state index contributed by atoms with van der Waals surface area (Å²) in [6.07, 6.45) is -4.53. The van der Waals surface area contributed by atoms with Crippen LogP contribution in [0.5, 0.6) is 0 Å². The van der Waals surface area contributed by atoms with Crippen molar-refractivity contribution in [2.24, 2.45) is 0 Å². The van der Waals surface area contributed by atoms with Crippen LogP contribution in [-0.2, 0) is 6.18 Å². The summed E-state index contributed by atoms with van der Waals surface area (Å²) < 4.78 is 39.2. The first-order chi connectivity index (χ1) is 9.49. The van der Waals surface area contributed by atoms with Gasteiger partial charge in [-0.2, -0.15) is 13.2 Å². The predicted molar refractivity (Wildman–Crippen MR) is 67.7 cm³/mol. The second kappa shape index (κ2) is 5.28. The average molecular weight is 278 g/mol. The molecule has 0 radical (unpaired) electrons. The molecule has 0 bridgehead atoms. The van der Waals surface area contributed by atoms with E-state index in [4.69, 9.17) is 0 Å². The van der Waals surface area contributed by atoms with Crippen LogP contribution in [0.1, 0.15) is 26.3 Å². The first-order valence-corrected chi connectivity index (χ1v) is 5.69. The van der Waals surface area contributed by atoms with Gasteiger partial charge in [-0.3, -0.25) is 9.59 Å². The van der Waals surface area contributed by atoms with Gasteiger partial charge in [-0.25, -0.2) is 0 Å². The summed E-state index contributed by atoms with van der Waals surface area (Å²) in [4.78, 5) is 21.9. The molecule has 0 aliphatic heterocycles. The van der Waals surface area contributed by atoms with Crippen LogP contribution in [0.3, 0.4) is 0 Å². The molecule has 0 fully saturated rings. The highest BCUT2D eigenvalue weighted by Gasteiger charge is 2.37. The van der Waals surface area contributed by atoms with Crippen LogP contribution in [0, 0.1) is 0 Å². The molecule has 5 heteroatoms. The maximum atomic E-state index is 13.1. The number of carbonyl (C=O) groups is 2. The molecular weight excluding hydrogens is 269 g/mol. The van der Waals surface area contributed by atoms with Crippen LogP contribution >= 0.6 is 0 Å². The van der Waals surface area contributed by atoms with Crippen molar-refractivity contribution in [3.8, 4) is 11.1 Å². The number of hydrogen-bond acceptors (Lipinski definition) is 2. The van der Waals surface area contributed by atoms with E-state index >= 15 is 0 Å². The lowest BCUT2D eigenvalue weighted by Gasteiger charge is -2.15. The standard InChI is InChI=1S/C15H9F3O2/c16-15(17,18)14-11(8-19)6-7-12(13(14)9-20)10-4-2-1-3-5-10/h1-9H. The molecule has 0 saturated carbocycles. The van der Waals surface area contributed by atoms with Gasteiger partial charge < -0.3 is 0 Å². The van der Waals surface area contributed by atoms with E-state index in [9.17, 15) is 22.8 Å². The summed E-state index contributed by atoms with van der Waals surface area (Å²) in [5.74, 6) is 0. The van der Waals surface area contributed by atoms with E-state index in [0.29, 0.717) is 5.56 Å². The molecule has 0 amide bonds. The highest BCUT2D eigenvalue weighted by Crippen LogP contribution is 2.37. The topological polar surface area (TPSA) is 34.1 Å². The fourth-order valence-corrected chi connectivity index (χ4v) is 2.04. The zero-order valence-corrected chi connectivity index (χ0v) is 10.1. The molecule has 2 nitrogen and oxygen atoms in total. The Hall–Kier alpha value is -2.43. The van der Waals surface area contributed by atoms with Crippen LogP contribution < -0.4 is 0 Å². The molecule has 2 aromatic rings. The maximum Gasteiger partial charge on any atom is 0.417 e. The Morgan fingerprint density at radius 1 is 0.850 bits per heavy atom. The minimum atomic E-state index is -4.77. The van der Waals surface area contributed by atoms with Gasteiger partial charge in [-0.15, -0.1) is 0 Å². The Kier molecular flexibility index (Phi) is 3.70. The number of benzene rings is 2. The first kappa shape index (κ1) is 14.0. The van der Waals surface area contributed by atoms with E-state index in [1.807, 2.05) is 0 Å². The lowest BCUT2D eigenvalue weighted by Crippen LogP contribution is -2.13. The van der Waals surface area contributed by atoms with E-state index < -0.39 is 22.9 Å². The zero-order valence-electron chi connectivity index (χ0n) is 10.1. The summed E-state index contributed by atoms with van der Waals surface area (Å²) in [7, 11) is 0. The average Bonchev–Trinajstić information content (AvgIpc) is 2.45. The second-order valence-corrected chi connectivity index (χ2v) is 4.09. The molecule has 0 heterocycles. The van der Waals surface area contributed by atoms with Gasteiger partial charge in [0.2, 0.25) is 0 Å².